The van der Waals surface area contributed by atoms with E-state index in [1.165, 1.54) is 23.1 Å². The highest BCUT2D eigenvalue weighted by molar-refractivity contribution is 7.99. The third-order valence-corrected chi connectivity index (χ3v) is 6.30. The van der Waals surface area contributed by atoms with Crippen LogP contribution in [0.3, 0.4) is 0 Å². The number of nitrogens with zero attached hydrogens (tertiary/aromatic N) is 2. The number of para-hydroxylation sites is 1. The van der Waals surface area contributed by atoms with Gasteiger partial charge in [0.15, 0.2) is 5.16 Å². The number of thiophene rings is 1. The smallest absolute Gasteiger partial charge is 0.276 e. The monoisotopic (exact) mass is 421 g/mol. The van der Waals surface area contributed by atoms with Gasteiger partial charge in [-0.05, 0) is 35.6 Å². The molecule has 4 aromatic rings. The molecular formula is C22H19N3O2S2. The molecule has 0 aliphatic carbocycles. The van der Waals surface area contributed by atoms with E-state index in [-0.39, 0.29) is 17.2 Å². The van der Waals surface area contributed by atoms with Crippen LogP contribution < -0.4 is 10.9 Å². The summed E-state index contributed by atoms with van der Waals surface area (Å²) in [5.41, 5.74) is 3.36. The predicted molar refractivity (Wildman–Crippen MR) is 119 cm³/mol. The molecule has 0 aliphatic heterocycles. The van der Waals surface area contributed by atoms with E-state index in [9.17, 15) is 9.59 Å². The zero-order valence-corrected chi connectivity index (χ0v) is 17.4. The minimum absolute atomic E-state index is 0.102. The molecule has 4 rings (SSSR count). The van der Waals surface area contributed by atoms with E-state index >= 15 is 0 Å². The Morgan fingerprint density at radius 2 is 1.86 bits per heavy atom. The Bertz CT molecular complexity index is 1220. The normalized spacial score (nSPS) is 10.9. The van der Waals surface area contributed by atoms with Crippen molar-refractivity contribution in [2.75, 3.05) is 5.75 Å². The molecule has 2 heterocycles. The maximum Gasteiger partial charge on any atom is 0.276 e. The van der Waals surface area contributed by atoms with Crippen LogP contribution in [-0.2, 0) is 11.3 Å². The molecule has 2 aromatic carbocycles. The number of benzene rings is 2. The summed E-state index contributed by atoms with van der Waals surface area (Å²) in [5, 5.41) is 5.30. The third kappa shape index (κ3) is 4.26. The van der Waals surface area contributed by atoms with Crippen LogP contribution in [0.2, 0.25) is 0 Å². The molecule has 0 saturated carbocycles. The van der Waals surface area contributed by atoms with E-state index in [4.69, 9.17) is 0 Å². The Labute approximate surface area is 176 Å². The number of amides is 1. The van der Waals surface area contributed by atoms with Crippen molar-refractivity contribution in [3.05, 3.63) is 87.5 Å². The Kier molecular flexibility index (Phi) is 5.78. The van der Waals surface area contributed by atoms with E-state index in [0.29, 0.717) is 21.9 Å². The van der Waals surface area contributed by atoms with Crippen LogP contribution in [0.1, 0.15) is 11.1 Å². The number of fused-ring (bicyclic) bond motifs is 1. The van der Waals surface area contributed by atoms with Crippen LogP contribution in [0.4, 0.5) is 0 Å². The number of hydrogen-bond acceptors (Lipinski definition) is 5. The van der Waals surface area contributed by atoms with Crippen molar-refractivity contribution in [2.24, 2.45) is 0 Å². The highest BCUT2D eigenvalue weighted by Crippen LogP contribution is 2.24. The molecule has 0 bridgehead atoms. The van der Waals surface area contributed by atoms with Crippen molar-refractivity contribution in [1.82, 2.24) is 14.9 Å². The minimum Gasteiger partial charge on any atom is -0.351 e. The third-order valence-electron chi connectivity index (χ3n) is 4.47. The number of rotatable bonds is 6. The average molecular weight is 422 g/mol. The second-order valence-electron chi connectivity index (χ2n) is 6.51. The lowest BCUT2D eigenvalue weighted by Crippen LogP contribution is -2.26. The fourth-order valence-corrected chi connectivity index (χ4v) is 4.59. The van der Waals surface area contributed by atoms with Crippen LogP contribution >= 0.6 is 23.1 Å². The molecule has 0 atom stereocenters. The van der Waals surface area contributed by atoms with Gasteiger partial charge in [0.1, 0.15) is 4.70 Å². The largest absolute Gasteiger partial charge is 0.351 e. The molecule has 0 spiro atoms. The first-order valence-corrected chi connectivity index (χ1v) is 11.0. The molecule has 0 unspecified atom stereocenters. The van der Waals surface area contributed by atoms with Gasteiger partial charge in [-0.15, -0.1) is 11.3 Å². The molecule has 1 N–H and O–H groups in total. The number of carbonyl (C=O) groups excluding carboxylic acids is 1. The van der Waals surface area contributed by atoms with E-state index in [1.54, 1.807) is 4.57 Å². The van der Waals surface area contributed by atoms with Crippen molar-refractivity contribution in [1.29, 1.82) is 0 Å². The Morgan fingerprint density at radius 3 is 2.66 bits per heavy atom. The quantitative estimate of drug-likeness (QED) is 0.375. The van der Waals surface area contributed by atoms with Crippen molar-refractivity contribution < 1.29 is 4.79 Å². The Hall–Kier alpha value is -2.90. The van der Waals surface area contributed by atoms with Gasteiger partial charge < -0.3 is 5.32 Å². The molecule has 1 amide bonds. The molecule has 29 heavy (non-hydrogen) atoms. The first kappa shape index (κ1) is 19.4. The number of hydrogen-bond donors (Lipinski definition) is 1. The van der Waals surface area contributed by atoms with Gasteiger partial charge in [0.25, 0.3) is 5.56 Å². The predicted octanol–water partition coefficient (Wildman–Crippen LogP) is 4.16. The number of aromatic nitrogens is 2. The molecule has 0 aliphatic rings. The SMILES string of the molecule is Cc1ccccc1-n1c(SCC(=O)NCc2ccccc2)nc2ccsc2c1=O. The van der Waals surface area contributed by atoms with Gasteiger partial charge in [0.05, 0.1) is 17.0 Å². The van der Waals surface area contributed by atoms with Gasteiger partial charge in [-0.25, -0.2) is 4.98 Å². The topological polar surface area (TPSA) is 64.0 Å². The summed E-state index contributed by atoms with van der Waals surface area (Å²) in [4.78, 5) is 30.2. The zero-order chi connectivity index (χ0) is 20.2. The molecular weight excluding hydrogens is 402 g/mol. The molecule has 5 nitrogen and oxygen atoms in total. The van der Waals surface area contributed by atoms with Gasteiger partial charge in [0.2, 0.25) is 5.91 Å². The van der Waals surface area contributed by atoms with Crippen LogP contribution in [0.25, 0.3) is 15.9 Å². The fraction of sp³-hybridized carbons (Fsp3) is 0.136. The lowest BCUT2D eigenvalue weighted by molar-refractivity contribution is -0.118. The van der Waals surface area contributed by atoms with Crippen LogP contribution in [0.15, 0.2) is 76.0 Å². The summed E-state index contributed by atoms with van der Waals surface area (Å²) in [7, 11) is 0. The van der Waals surface area contributed by atoms with Gasteiger partial charge >= 0.3 is 0 Å². The first-order chi connectivity index (χ1) is 14.1. The van der Waals surface area contributed by atoms with Crippen molar-refractivity contribution in [2.45, 2.75) is 18.6 Å². The molecule has 0 saturated heterocycles. The van der Waals surface area contributed by atoms with E-state index in [2.05, 4.69) is 10.3 Å². The van der Waals surface area contributed by atoms with E-state index < -0.39 is 0 Å². The molecule has 0 fully saturated rings. The van der Waals surface area contributed by atoms with E-state index in [0.717, 1.165) is 16.8 Å². The Balaban J connectivity index is 1.59. The molecule has 0 radical (unpaired) electrons. The summed E-state index contributed by atoms with van der Waals surface area (Å²) in [6.45, 7) is 2.43. The number of thioether (sulfide) groups is 1. The highest BCUT2D eigenvalue weighted by atomic mass is 32.2. The maximum atomic E-state index is 13.1. The van der Waals surface area contributed by atoms with Gasteiger partial charge in [-0.3, -0.25) is 14.2 Å². The van der Waals surface area contributed by atoms with Gasteiger partial charge in [-0.2, -0.15) is 0 Å². The van der Waals surface area contributed by atoms with Crippen molar-refractivity contribution in [3.8, 4) is 5.69 Å². The standard InChI is InChI=1S/C22H19N3O2S2/c1-15-7-5-6-10-18(15)25-21(27)20-17(11-12-28-20)24-22(25)29-14-19(26)23-13-16-8-3-2-4-9-16/h2-12H,13-14H2,1H3,(H,23,26). The summed E-state index contributed by atoms with van der Waals surface area (Å²) < 4.78 is 2.23. The molecule has 146 valence electrons. The minimum atomic E-state index is -0.105. The van der Waals surface area contributed by atoms with Crippen LogP contribution in [0, 0.1) is 6.92 Å². The van der Waals surface area contributed by atoms with E-state index in [1.807, 2.05) is 73.0 Å². The summed E-state index contributed by atoms with van der Waals surface area (Å²) >= 11 is 2.65. The molecule has 7 heteroatoms. The lowest BCUT2D eigenvalue weighted by Gasteiger charge is -2.14. The Morgan fingerprint density at radius 1 is 1.10 bits per heavy atom. The van der Waals surface area contributed by atoms with Gasteiger partial charge in [-0.1, -0.05) is 60.3 Å². The fourth-order valence-electron chi connectivity index (χ4n) is 2.99. The number of nitrogens with one attached hydrogen (secondary N) is 1. The summed E-state index contributed by atoms with van der Waals surface area (Å²) in [6, 6.07) is 19.3. The second kappa shape index (κ2) is 8.63. The summed E-state index contributed by atoms with van der Waals surface area (Å²) in [5.74, 6) is 0.0794. The summed E-state index contributed by atoms with van der Waals surface area (Å²) in [6.07, 6.45) is 0. The van der Waals surface area contributed by atoms with Crippen molar-refractivity contribution >= 4 is 39.2 Å². The lowest BCUT2D eigenvalue weighted by atomic mass is 10.2. The maximum absolute atomic E-state index is 13.1. The average Bonchev–Trinajstić information content (AvgIpc) is 3.21. The number of aryl methyl sites for hydroxylation is 1. The molecule has 2 aromatic heterocycles. The van der Waals surface area contributed by atoms with Gasteiger partial charge in [0, 0.05) is 6.54 Å². The number of carbonyl (C=O) groups is 1. The van der Waals surface area contributed by atoms with Crippen LogP contribution in [0.5, 0.6) is 0 Å². The van der Waals surface area contributed by atoms with Crippen molar-refractivity contribution in [3.63, 3.8) is 0 Å². The first-order valence-electron chi connectivity index (χ1n) is 9.13. The second-order valence-corrected chi connectivity index (χ2v) is 8.37. The van der Waals surface area contributed by atoms with Crippen LogP contribution in [-0.4, -0.2) is 21.2 Å². The highest BCUT2D eigenvalue weighted by Gasteiger charge is 2.16. The zero-order valence-electron chi connectivity index (χ0n) is 15.8.